The van der Waals surface area contributed by atoms with Crippen LogP contribution in [0, 0.1) is 18.3 Å². The number of rotatable bonds is 4. The van der Waals surface area contributed by atoms with Gasteiger partial charge in [-0.05, 0) is 37.8 Å². The predicted molar refractivity (Wildman–Crippen MR) is 82.4 cm³/mol. The van der Waals surface area contributed by atoms with Gasteiger partial charge in [0.2, 0.25) is 0 Å². The van der Waals surface area contributed by atoms with E-state index in [1.165, 1.54) is 12.8 Å². The highest BCUT2D eigenvalue weighted by Crippen LogP contribution is 2.28. The maximum Gasteiger partial charge on any atom is 0.153 e. The average molecular weight is 271 g/mol. The van der Waals surface area contributed by atoms with Crippen molar-refractivity contribution in [2.45, 2.75) is 32.6 Å². The van der Waals surface area contributed by atoms with Gasteiger partial charge in [-0.2, -0.15) is 0 Å². The lowest BCUT2D eigenvalue weighted by atomic mass is 10.0. The van der Waals surface area contributed by atoms with E-state index in [2.05, 4.69) is 21.9 Å². The van der Waals surface area contributed by atoms with Crippen molar-refractivity contribution in [2.75, 3.05) is 5.32 Å². The summed E-state index contributed by atoms with van der Waals surface area (Å²) in [4.78, 5) is 8.55. The average Bonchev–Trinajstić information content (AvgIpc) is 2.95. The monoisotopic (exact) mass is 271 g/mol. The van der Waals surface area contributed by atoms with E-state index in [-0.39, 0.29) is 5.84 Å². The van der Waals surface area contributed by atoms with Gasteiger partial charge in [-0.3, -0.25) is 5.41 Å². The molecule has 0 bridgehead atoms. The fourth-order valence-corrected chi connectivity index (χ4v) is 2.43. The fraction of sp³-hybridized carbons (Fsp3) is 0.400. The molecule has 0 aliphatic heterocycles. The minimum absolute atomic E-state index is 0.248. The van der Waals surface area contributed by atoms with Crippen LogP contribution in [0.1, 0.15) is 37.1 Å². The number of nitrogens with one attached hydrogen (secondary N) is 2. The van der Waals surface area contributed by atoms with Crippen LogP contribution < -0.4 is 11.1 Å². The minimum Gasteiger partial charge on any atom is -0.402 e. The van der Waals surface area contributed by atoms with Gasteiger partial charge in [-0.25, -0.2) is 9.97 Å². The number of nitrogens with zero attached hydrogens (tertiary/aromatic N) is 2. The number of amidine groups is 1. The number of allylic oxidation sites excluding steroid dienone is 1. The van der Waals surface area contributed by atoms with Crippen LogP contribution in [-0.2, 0) is 0 Å². The molecule has 0 spiro atoms. The lowest BCUT2D eigenvalue weighted by Crippen LogP contribution is -2.16. The highest BCUT2D eigenvalue weighted by molar-refractivity contribution is 6.01. The van der Waals surface area contributed by atoms with Crippen LogP contribution in [-0.4, -0.2) is 15.8 Å². The molecule has 1 saturated carbocycles. The van der Waals surface area contributed by atoms with Gasteiger partial charge in [0, 0.05) is 5.70 Å². The first-order valence-electron chi connectivity index (χ1n) is 6.89. The second-order valence-electron chi connectivity index (χ2n) is 5.10. The highest BCUT2D eigenvalue weighted by Gasteiger charge is 2.17. The Hall–Kier alpha value is -2.17. The van der Waals surface area contributed by atoms with E-state index < -0.39 is 0 Å². The largest absolute Gasteiger partial charge is 0.402 e. The standard InChI is InChI=1S/C15H21N5/c1-3-12-9-18-15(10(2)19-12)20-14(17)8-13(16)11-6-4-5-7-11/h3,8-9,11H,1,4-7,16H2,2H3,(H2,17,18,20)/b13-8-. The molecule has 0 radical (unpaired) electrons. The molecule has 1 aliphatic carbocycles. The number of aromatic nitrogens is 2. The number of aryl methyl sites for hydroxylation is 1. The first-order valence-corrected chi connectivity index (χ1v) is 6.89. The zero-order chi connectivity index (χ0) is 14.5. The summed E-state index contributed by atoms with van der Waals surface area (Å²) in [6, 6.07) is 0. The SMILES string of the molecule is C=Cc1cnc(NC(=N)/C=C(\N)C2CCCC2)c(C)n1. The lowest BCUT2D eigenvalue weighted by molar-refractivity contribution is 0.635. The Bertz CT molecular complexity index is 541. The van der Waals surface area contributed by atoms with Crippen molar-refractivity contribution in [3.63, 3.8) is 0 Å². The molecule has 0 aromatic carbocycles. The summed E-state index contributed by atoms with van der Waals surface area (Å²) in [6.07, 6.45) is 9.68. The topological polar surface area (TPSA) is 87.7 Å². The molecule has 0 saturated heterocycles. The van der Waals surface area contributed by atoms with Gasteiger partial charge in [0.25, 0.3) is 0 Å². The lowest BCUT2D eigenvalue weighted by Gasteiger charge is -2.11. The Morgan fingerprint density at radius 3 is 2.80 bits per heavy atom. The molecule has 1 aromatic rings. The molecule has 106 valence electrons. The van der Waals surface area contributed by atoms with Crippen LogP contribution in [0.4, 0.5) is 5.82 Å². The molecule has 2 rings (SSSR count). The van der Waals surface area contributed by atoms with Crippen molar-refractivity contribution >= 4 is 17.7 Å². The summed E-state index contributed by atoms with van der Waals surface area (Å²) in [5, 5.41) is 10.9. The van der Waals surface area contributed by atoms with E-state index in [0.717, 1.165) is 29.9 Å². The maximum atomic E-state index is 7.96. The summed E-state index contributed by atoms with van der Waals surface area (Å²) >= 11 is 0. The van der Waals surface area contributed by atoms with Crippen LogP contribution in [0.3, 0.4) is 0 Å². The van der Waals surface area contributed by atoms with E-state index in [9.17, 15) is 0 Å². The molecular formula is C15H21N5. The second-order valence-corrected chi connectivity index (χ2v) is 5.10. The van der Waals surface area contributed by atoms with E-state index in [1.54, 1.807) is 18.3 Å². The molecule has 1 fully saturated rings. The van der Waals surface area contributed by atoms with Gasteiger partial charge in [0.05, 0.1) is 17.6 Å². The van der Waals surface area contributed by atoms with Gasteiger partial charge >= 0.3 is 0 Å². The quantitative estimate of drug-likeness (QED) is 0.580. The van der Waals surface area contributed by atoms with Crippen molar-refractivity contribution < 1.29 is 0 Å². The summed E-state index contributed by atoms with van der Waals surface area (Å²) in [5.41, 5.74) is 8.29. The molecule has 1 heterocycles. The van der Waals surface area contributed by atoms with Gasteiger partial charge in [-0.1, -0.05) is 19.4 Å². The first kappa shape index (κ1) is 14.2. The first-order chi connectivity index (χ1) is 9.60. The molecular weight excluding hydrogens is 250 g/mol. The second kappa shape index (κ2) is 6.32. The van der Waals surface area contributed by atoms with Gasteiger partial charge in [0.15, 0.2) is 5.82 Å². The number of anilines is 1. The van der Waals surface area contributed by atoms with Gasteiger partial charge < -0.3 is 11.1 Å². The Kier molecular flexibility index (Phi) is 4.50. The summed E-state index contributed by atoms with van der Waals surface area (Å²) in [7, 11) is 0. The van der Waals surface area contributed by atoms with Crippen molar-refractivity contribution in [2.24, 2.45) is 11.7 Å². The number of hydrogen-bond acceptors (Lipinski definition) is 4. The summed E-state index contributed by atoms with van der Waals surface area (Å²) < 4.78 is 0. The van der Waals surface area contributed by atoms with Crippen LogP contribution in [0.5, 0.6) is 0 Å². The zero-order valence-corrected chi connectivity index (χ0v) is 11.8. The number of hydrogen-bond donors (Lipinski definition) is 3. The third-order valence-corrected chi connectivity index (χ3v) is 3.57. The van der Waals surface area contributed by atoms with Crippen molar-refractivity contribution in [3.8, 4) is 0 Å². The van der Waals surface area contributed by atoms with E-state index >= 15 is 0 Å². The Morgan fingerprint density at radius 2 is 2.20 bits per heavy atom. The van der Waals surface area contributed by atoms with Crippen molar-refractivity contribution in [1.29, 1.82) is 5.41 Å². The van der Waals surface area contributed by atoms with E-state index in [0.29, 0.717) is 11.7 Å². The van der Waals surface area contributed by atoms with Crippen LogP contribution >= 0.6 is 0 Å². The molecule has 20 heavy (non-hydrogen) atoms. The smallest absolute Gasteiger partial charge is 0.153 e. The molecule has 0 atom stereocenters. The van der Waals surface area contributed by atoms with Crippen LogP contribution in [0.25, 0.3) is 6.08 Å². The van der Waals surface area contributed by atoms with Crippen LogP contribution in [0.15, 0.2) is 24.5 Å². The Labute approximate surface area is 119 Å². The highest BCUT2D eigenvalue weighted by atomic mass is 15.0. The van der Waals surface area contributed by atoms with Gasteiger partial charge in [0.1, 0.15) is 5.84 Å². The molecule has 0 amide bonds. The zero-order valence-electron chi connectivity index (χ0n) is 11.8. The van der Waals surface area contributed by atoms with Crippen LogP contribution in [0.2, 0.25) is 0 Å². The maximum absolute atomic E-state index is 7.96. The number of nitrogens with two attached hydrogens (primary N) is 1. The molecule has 4 N–H and O–H groups in total. The van der Waals surface area contributed by atoms with E-state index in [1.807, 2.05) is 6.92 Å². The summed E-state index contributed by atoms with van der Waals surface area (Å²) in [6.45, 7) is 5.50. The van der Waals surface area contributed by atoms with Gasteiger partial charge in [-0.15, -0.1) is 0 Å². The molecule has 1 aromatic heterocycles. The Morgan fingerprint density at radius 1 is 1.50 bits per heavy atom. The molecule has 5 heteroatoms. The summed E-state index contributed by atoms with van der Waals surface area (Å²) in [5.74, 6) is 1.25. The Balaban J connectivity index is 2.04. The molecule has 1 aliphatic rings. The molecule has 0 unspecified atom stereocenters. The third kappa shape index (κ3) is 3.44. The van der Waals surface area contributed by atoms with E-state index in [4.69, 9.17) is 11.1 Å². The van der Waals surface area contributed by atoms with Crippen molar-refractivity contribution in [3.05, 3.63) is 35.9 Å². The minimum atomic E-state index is 0.248. The van der Waals surface area contributed by atoms with Crippen molar-refractivity contribution in [1.82, 2.24) is 9.97 Å². The predicted octanol–water partition coefficient (Wildman–Crippen LogP) is 2.85. The normalized spacial score (nSPS) is 16.1. The third-order valence-electron chi connectivity index (χ3n) is 3.57. The fourth-order valence-electron chi connectivity index (χ4n) is 2.43. The molecule has 5 nitrogen and oxygen atoms in total.